The second kappa shape index (κ2) is 4.18. The Labute approximate surface area is 105 Å². The van der Waals surface area contributed by atoms with E-state index in [1.807, 2.05) is 13.0 Å². The van der Waals surface area contributed by atoms with Crippen molar-refractivity contribution in [1.82, 2.24) is 0 Å². The molecule has 3 nitrogen and oxygen atoms in total. The number of phenolic OH excluding ortho intramolecular Hbond substituents is 1. The third-order valence-electron chi connectivity index (χ3n) is 2.77. The van der Waals surface area contributed by atoms with Gasteiger partial charge in [-0.05, 0) is 42.3 Å². The van der Waals surface area contributed by atoms with E-state index < -0.39 is 0 Å². The van der Waals surface area contributed by atoms with Gasteiger partial charge >= 0.3 is 0 Å². The highest BCUT2D eigenvalue weighted by atomic mass is 35.5. The molecule has 88 valence electrons. The van der Waals surface area contributed by atoms with Gasteiger partial charge in [-0.1, -0.05) is 17.7 Å². The zero-order chi connectivity index (χ0) is 12.6. The molecule has 0 saturated heterocycles. The van der Waals surface area contributed by atoms with Gasteiger partial charge in [-0.3, -0.25) is 0 Å². The largest absolute Gasteiger partial charge is 0.507 e. The highest BCUT2D eigenvalue weighted by Crippen LogP contribution is 2.37. The van der Waals surface area contributed by atoms with E-state index in [0.29, 0.717) is 22.0 Å². The predicted octanol–water partition coefficient (Wildman–Crippen LogP) is 3.19. The van der Waals surface area contributed by atoms with Crippen molar-refractivity contribution in [3.05, 3.63) is 40.9 Å². The average Bonchev–Trinajstić information content (AvgIpc) is 2.29. The number of nitrogen functional groups attached to an aromatic ring is 2. The molecule has 0 saturated carbocycles. The van der Waals surface area contributed by atoms with Crippen molar-refractivity contribution in [3.63, 3.8) is 0 Å². The van der Waals surface area contributed by atoms with Crippen molar-refractivity contribution in [3.8, 4) is 16.9 Å². The van der Waals surface area contributed by atoms with Crippen LogP contribution >= 0.6 is 11.6 Å². The van der Waals surface area contributed by atoms with Crippen molar-refractivity contribution >= 4 is 23.0 Å². The number of benzene rings is 2. The van der Waals surface area contributed by atoms with Gasteiger partial charge in [-0.2, -0.15) is 0 Å². The van der Waals surface area contributed by atoms with Gasteiger partial charge in [-0.15, -0.1) is 0 Å². The molecule has 5 N–H and O–H groups in total. The predicted molar refractivity (Wildman–Crippen MR) is 72.1 cm³/mol. The van der Waals surface area contributed by atoms with Crippen LogP contribution in [0.3, 0.4) is 0 Å². The lowest BCUT2D eigenvalue weighted by atomic mass is 9.98. The van der Waals surface area contributed by atoms with Crippen molar-refractivity contribution in [2.24, 2.45) is 0 Å². The third kappa shape index (κ3) is 2.01. The van der Waals surface area contributed by atoms with E-state index in [2.05, 4.69) is 0 Å². The molecular formula is C13H13ClN2O. The second-order valence-electron chi connectivity index (χ2n) is 3.91. The molecule has 0 bridgehead atoms. The first-order chi connectivity index (χ1) is 8.00. The summed E-state index contributed by atoms with van der Waals surface area (Å²) in [5.41, 5.74) is 14.9. The third-order valence-corrected chi connectivity index (χ3v) is 3.10. The Hall–Kier alpha value is -1.87. The van der Waals surface area contributed by atoms with Crippen LogP contribution < -0.4 is 11.5 Å². The summed E-state index contributed by atoms with van der Waals surface area (Å²) in [6.45, 7) is 1.86. The van der Waals surface area contributed by atoms with Crippen LogP contribution in [0.4, 0.5) is 11.4 Å². The molecular weight excluding hydrogens is 236 g/mol. The molecule has 0 unspecified atom stereocenters. The number of anilines is 2. The average molecular weight is 249 g/mol. The van der Waals surface area contributed by atoms with E-state index >= 15 is 0 Å². The van der Waals surface area contributed by atoms with E-state index in [4.69, 9.17) is 23.1 Å². The summed E-state index contributed by atoms with van der Waals surface area (Å²) >= 11 is 5.97. The molecule has 4 heteroatoms. The molecule has 0 atom stereocenters. The highest BCUT2D eigenvalue weighted by Gasteiger charge is 2.11. The number of phenols is 1. The molecule has 0 amide bonds. The van der Waals surface area contributed by atoms with Crippen LogP contribution in [0.15, 0.2) is 30.3 Å². The van der Waals surface area contributed by atoms with Crippen molar-refractivity contribution < 1.29 is 5.11 Å². The topological polar surface area (TPSA) is 72.3 Å². The van der Waals surface area contributed by atoms with Gasteiger partial charge in [0.15, 0.2) is 0 Å². The highest BCUT2D eigenvalue weighted by molar-refractivity contribution is 6.33. The van der Waals surface area contributed by atoms with Gasteiger partial charge in [0.25, 0.3) is 0 Å². The quantitative estimate of drug-likeness (QED) is 0.536. The number of aromatic hydroxyl groups is 1. The van der Waals surface area contributed by atoms with Crippen molar-refractivity contribution in [1.29, 1.82) is 0 Å². The minimum absolute atomic E-state index is 0.178. The minimum atomic E-state index is 0.178. The maximum atomic E-state index is 9.90. The summed E-state index contributed by atoms with van der Waals surface area (Å²) in [6, 6.07) is 8.48. The number of rotatable bonds is 1. The Morgan fingerprint density at radius 1 is 1.06 bits per heavy atom. The van der Waals surface area contributed by atoms with E-state index in [1.54, 1.807) is 24.3 Å². The Kier molecular flexibility index (Phi) is 2.86. The summed E-state index contributed by atoms with van der Waals surface area (Å²) in [5.74, 6) is 0.178. The van der Waals surface area contributed by atoms with Gasteiger partial charge in [0.05, 0.1) is 10.7 Å². The van der Waals surface area contributed by atoms with Crippen LogP contribution in [0, 0.1) is 6.92 Å². The molecule has 2 rings (SSSR count). The lowest BCUT2D eigenvalue weighted by Gasteiger charge is -2.12. The fourth-order valence-electron chi connectivity index (χ4n) is 1.76. The summed E-state index contributed by atoms with van der Waals surface area (Å²) in [6.07, 6.45) is 0. The Morgan fingerprint density at radius 3 is 2.35 bits per heavy atom. The van der Waals surface area contributed by atoms with Crippen LogP contribution in [0.1, 0.15) is 5.56 Å². The van der Waals surface area contributed by atoms with Crippen LogP contribution in [-0.4, -0.2) is 5.11 Å². The van der Waals surface area contributed by atoms with Crippen LogP contribution in [0.2, 0.25) is 5.02 Å². The van der Waals surface area contributed by atoms with Gasteiger partial charge in [0, 0.05) is 11.3 Å². The standard InChI is InChI=1S/C13H13ClN2O/c1-7-10(15)4-5-12(17)13(7)8-2-3-11(16)9(14)6-8/h2-6,17H,15-16H2,1H3. The first kappa shape index (κ1) is 11.6. The Bertz CT molecular complexity index is 582. The zero-order valence-electron chi connectivity index (χ0n) is 9.37. The molecule has 17 heavy (non-hydrogen) atoms. The second-order valence-corrected chi connectivity index (χ2v) is 4.32. The van der Waals surface area contributed by atoms with Gasteiger partial charge in [0.1, 0.15) is 5.75 Å². The van der Waals surface area contributed by atoms with Crippen LogP contribution in [0.5, 0.6) is 5.75 Å². The fourth-order valence-corrected chi connectivity index (χ4v) is 1.94. The lowest BCUT2D eigenvalue weighted by Crippen LogP contribution is -1.93. The normalized spacial score (nSPS) is 10.5. The van der Waals surface area contributed by atoms with Gasteiger partial charge in [0.2, 0.25) is 0 Å². The zero-order valence-corrected chi connectivity index (χ0v) is 10.1. The van der Waals surface area contributed by atoms with E-state index in [-0.39, 0.29) is 5.75 Å². The molecule has 0 radical (unpaired) electrons. The first-order valence-electron chi connectivity index (χ1n) is 5.14. The first-order valence-corrected chi connectivity index (χ1v) is 5.52. The molecule has 0 aliphatic heterocycles. The van der Waals surface area contributed by atoms with E-state index in [9.17, 15) is 5.11 Å². The molecule has 0 aliphatic carbocycles. The SMILES string of the molecule is Cc1c(N)ccc(O)c1-c1ccc(N)c(Cl)c1. The monoisotopic (exact) mass is 248 g/mol. The Balaban J connectivity index is 2.68. The number of hydrogen-bond acceptors (Lipinski definition) is 3. The summed E-state index contributed by atoms with van der Waals surface area (Å²) in [7, 11) is 0. The lowest BCUT2D eigenvalue weighted by molar-refractivity contribution is 0.477. The van der Waals surface area contributed by atoms with E-state index in [0.717, 1.165) is 11.1 Å². The van der Waals surface area contributed by atoms with Gasteiger partial charge in [-0.25, -0.2) is 0 Å². The number of hydrogen-bond donors (Lipinski definition) is 3. The smallest absolute Gasteiger partial charge is 0.123 e. The van der Waals surface area contributed by atoms with Crippen LogP contribution in [-0.2, 0) is 0 Å². The maximum Gasteiger partial charge on any atom is 0.123 e. The summed E-state index contributed by atoms with van der Waals surface area (Å²) in [5, 5.41) is 10.4. The molecule has 0 spiro atoms. The maximum absolute atomic E-state index is 9.90. The van der Waals surface area contributed by atoms with Crippen molar-refractivity contribution in [2.45, 2.75) is 6.92 Å². The molecule has 2 aromatic rings. The summed E-state index contributed by atoms with van der Waals surface area (Å²) < 4.78 is 0. The molecule has 0 aromatic heterocycles. The van der Waals surface area contributed by atoms with Crippen molar-refractivity contribution in [2.75, 3.05) is 11.5 Å². The summed E-state index contributed by atoms with van der Waals surface area (Å²) in [4.78, 5) is 0. The fraction of sp³-hybridized carbons (Fsp3) is 0.0769. The molecule has 0 fully saturated rings. The van der Waals surface area contributed by atoms with E-state index in [1.165, 1.54) is 0 Å². The molecule has 0 aliphatic rings. The molecule has 2 aromatic carbocycles. The number of nitrogens with two attached hydrogens (primary N) is 2. The number of halogens is 1. The Morgan fingerprint density at radius 2 is 1.71 bits per heavy atom. The van der Waals surface area contributed by atoms with Gasteiger partial charge < -0.3 is 16.6 Å². The minimum Gasteiger partial charge on any atom is -0.507 e. The molecule has 0 heterocycles. The van der Waals surface area contributed by atoms with Crippen LogP contribution in [0.25, 0.3) is 11.1 Å².